The standard InChI is InChI=1S/C19H13ClFNO3/c1-24-17-8-3-2-5-12(17)9-10-18-22-16(19(23)25-18)11-13-14(20)6-4-7-15(13)21/h2-11H,1H3. The lowest BCUT2D eigenvalue weighted by molar-refractivity contribution is -0.129. The van der Waals surface area contributed by atoms with Gasteiger partial charge in [-0.15, -0.1) is 0 Å². The first-order chi connectivity index (χ1) is 12.1. The zero-order valence-electron chi connectivity index (χ0n) is 13.2. The van der Waals surface area contributed by atoms with Crippen LogP contribution >= 0.6 is 11.6 Å². The minimum Gasteiger partial charge on any atom is -0.496 e. The number of rotatable bonds is 4. The van der Waals surface area contributed by atoms with E-state index in [1.807, 2.05) is 24.3 Å². The van der Waals surface area contributed by atoms with Crippen LogP contribution in [0.15, 0.2) is 59.2 Å². The molecule has 4 nitrogen and oxygen atoms in total. The minimum absolute atomic E-state index is 0.0216. The summed E-state index contributed by atoms with van der Waals surface area (Å²) in [5, 5.41) is 0.188. The Kier molecular flexibility index (Phi) is 4.95. The van der Waals surface area contributed by atoms with E-state index in [1.165, 1.54) is 24.3 Å². The highest BCUT2D eigenvalue weighted by Crippen LogP contribution is 2.25. The molecule has 0 saturated heterocycles. The summed E-state index contributed by atoms with van der Waals surface area (Å²) < 4.78 is 24.1. The topological polar surface area (TPSA) is 47.9 Å². The molecule has 1 aliphatic heterocycles. The first-order valence-electron chi connectivity index (χ1n) is 7.36. The van der Waals surface area contributed by atoms with Crippen LogP contribution in [0.5, 0.6) is 5.75 Å². The smallest absolute Gasteiger partial charge is 0.363 e. The van der Waals surface area contributed by atoms with Gasteiger partial charge in [0.15, 0.2) is 5.70 Å². The molecule has 0 amide bonds. The number of ether oxygens (including phenoxy) is 2. The van der Waals surface area contributed by atoms with Crippen molar-refractivity contribution in [3.05, 3.63) is 76.2 Å². The van der Waals surface area contributed by atoms with Crippen molar-refractivity contribution in [1.82, 2.24) is 0 Å². The molecule has 126 valence electrons. The lowest BCUT2D eigenvalue weighted by Gasteiger charge is -2.02. The maximum absolute atomic E-state index is 13.8. The molecular formula is C19H13ClFNO3. The number of esters is 1. The number of carbonyl (C=O) groups excluding carboxylic acids is 1. The summed E-state index contributed by atoms with van der Waals surface area (Å²) in [6.45, 7) is 0. The van der Waals surface area contributed by atoms with Crippen LogP contribution < -0.4 is 4.74 Å². The Morgan fingerprint density at radius 3 is 2.72 bits per heavy atom. The molecule has 0 N–H and O–H groups in total. The van der Waals surface area contributed by atoms with Gasteiger partial charge in [-0.25, -0.2) is 14.2 Å². The maximum Gasteiger partial charge on any atom is 0.363 e. The molecule has 0 radical (unpaired) electrons. The van der Waals surface area contributed by atoms with Crippen LogP contribution in [-0.4, -0.2) is 19.0 Å². The summed E-state index contributed by atoms with van der Waals surface area (Å²) >= 11 is 5.95. The van der Waals surface area contributed by atoms with Crippen molar-refractivity contribution in [2.45, 2.75) is 0 Å². The summed E-state index contributed by atoms with van der Waals surface area (Å²) in [5.41, 5.74) is 0.875. The van der Waals surface area contributed by atoms with Crippen LogP contribution in [0, 0.1) is 5.82 Å². The van der Waals surface area contributed by atoms with Crippen LogP contribution in [-0.2, 0) is 9.53 Å². The van der Waals surface area contributed by atoms with Crippen molar-refractivity contribution in [2.75, 3.05) is 7.11 Å². The number of cyclic esters (lactones) is 1. The second kappa shape index (κ2) is 7.32. The SMILES string of the molecule is COc1ccccc1C=CC1=NC(=Cc2c(F)cccc2Cl)C(=O)O1. The van der Waals surface area contributed by atoms with Gasteiger partial charge in [0, 0.05) is 17.2 Å². The average Bonchev–Trinajstić information content (AvgIpc) is 2.96. The van der Waals surface area contributed by atoms with Crippen LogP contribution in [0.4, 0.5) is 4.39 Å². The highest BCUT2D eigenvalue weighted by Gasteiger charge is 2.22. The molecule has 0 bridgehead atoms. The van der Waals surface area contributed by atoms with Gasteiger partial charge in [0.2, 0.25) is 5.90 Å². The van der Waals surface area contributed by atoms with Crippen LogP contribution in [0.2, 0.25) is 5.02 Å². The molecule has 0 saturated carbocycles. The lowest BCUT2D eigenvalue weighted by atomic mass is 10.2. The van der Waals surface area contributed by atoms with Gasteiger partial charge in [0.25, 0.3) is 0 Å². The molecule has 0 atom stereocenters. The number of hydrogen-bond acceptors (Lipinski definition) is 4. The Hall–Kier alpha value is -2.92. The third-order valence-corrected chi connectivity index (χ3v) is 3.79. The Balaban J connectivity index is 1.88. The predicted octanol–water partition coefficient (Wildman–Crippen LogP) is 4.50. The molecule has 0 unspecified atom stereocenters. The number of hydrogen-bond donors (Lipinski definition) is 0. The number of nitrogens with zero attached hydrogens (tertiary/aromatic N) is 1. The van der Waals surface area contributed by atoms with E-state index in [9.17, 15) is 9.18 Å². The van der Waals surface area contributed by atoms with Crippen LogP contribution in [0.3, 0.4) is 0 Å². The molecule has 2 aromatic rings. The van der Waals surface area contributed by atoms with Gasteiger partial charge in [0.05, 0.1) is 12.1 Å². The molecule has 0 aromatic heterocycles. The van der Waals surface area contributed by atoms with E-state index >= 15 is 0 Å². The van der Waals surface area contributed by atoms with Gasteiger partial charge >= 0.3 is 5.97 Å². The fourth-order valence-electron chi connectivity index (χ4n) is 2.25. The van der Waals surface area contributed by atoms with Gasteiger partial charge in [-0.2, -0.15) is 0 Å². The van der Waals surface area contributed by atoms with Gasteiger partial charge < -0.3 is 9.47 Å². The Morgan fingerprint density at radius 2 is 1.96 bits per heavy atom. The van der Waals surface area contributed by atoms with E-state index < -0.39 is 11.8 Å². The molecule has 0 spiro atoms. The van der Waals surface area contributed by atoms with Gasteiger partial charge in [-0.1, -0.05) is 35.9 Å². The number of methoxy groups -OCH3 is 1. The van der Waals surface area contributed by atoms with E-state index in [-0.39, 0.29) is 22.2 Å². The number of halogens is 2. The Labute approximate surface area is 148 Å². The Morgan fingerprint density at radius 1 is 1.16 bits per heavy atom. The van der Waals surface area contributed by atoms with Gasteiger partial charge in [0.1, 0.15) is 11.6 Å². The Bertz CT molecular complexity index is 898. The summed E-state index contributed by atoms with van der Waals surface area (Å²) in [6, 6.07) is 11.6. The van der Waals surface area contributed by atoms with Crippen molar-refractivity contribution >= 4 is 35.6 Å². The third kappa shape index (κ3) is 3.78. The molecule has 25 heavy (non-hydrogen) atoms. The fourth-order valence-corrected chi connectivity index (χ4v) is 2.46. The van der Waals surface area contributed by atoms with Crippen LogP contribution in [0.1, 0.15) is 11.1 Å². The molecular weight excluding hydrogens is 345 g/mol. The molecule has 0 aliphatic carbocycles. The van der Waals surface area contributed by atoms with Crippen molar-refractivity contribution in [3.8, 4) is 5.75 Å². The van der Waals surface area contributed by atoms with Crippen molar-refractivity contribution in [2.24, 2.45) is 4.99 Å². The van der Waals surface area contributed by atoms with Gasteiger partial charge in [-0.3, -0.25) is 0 Å². The maximum atomic E-state index is 13.8. The summed E-state index contributed by atoms with van der Waals surface area (Å²) in [5.74, 6) is -0.424. The second-order valence-electron chi connectivity index (χ2n) is 5.08. The average molecular weight is 358 g/mol. The molecule has 6 heteroatoms. The molecule has 3 rings (SSSR count). The van der Waals surface area contributed by atoms with E-state index in [1.54, 1.807) is 19.3 Å². The number of aliphatic imine (C=N–C) groups is 1. The highest BCUT2D eigenvalue weighted by molar-refractivity contribution is 6.32. The van der Waals surface area contributed by atoms with Crippen LogP contribution in [0.25, 0.3) is 12.2 Å². The quantitative estimate of drug-likeness (QED) is 0.598. The highest BCUT2D eigenvalue weighted by atomic mass is 35.5. The summed E-state index contributed by atoms with van der Waals surface area (Å²) in [7, 11) is 1.57. The van der Waals surface area contributed by atoms with E-state index in [2.05, 4.69) is 4.99 Å². The number of benzene rings is 2. The summed E-state index contributed by atoms with van der Waals surface area (Å²) in [4.78, 5) is 16.0. The molecule has 2 aromatic carbocycles. The lowest BCUT2D eigenvalue weighted by Crippen LogP contribution is -2.01. The third-order valence-electron chi connectivity index (χ3n) is 3.46. The van der Waals surface area contributed by atoms with E-state index in [0.717, 1.165) is 5.56 Å². The molecule has 0 fully saturated rings. The zero-order chi connectivity index (χ0) is 17.8. The summed E-state index contributed by atoms with van der Waals surface area (Å²) in [6.07, 6.45) is 4.52. The largest absolute Gasteiger partial charge is 0.496 e. The molecule has 1 aliphatic rings. The van der Waals surface area contributed by atoms with Crippen molar-refractivity contribution < 1.29 is 18.7 Å². The monoisotopic (exact) mass is 357 g/mol. The van der Waals surface area contributed by atoms with E-state index in [0.29, 0.717) is 5.75 Å². The van der Waals surface area contributed by atoms with E-state index in [4.69, 9.17) is 21.1 Å². The molecule has 1 heterocycles. The zero-order valence-corrected chi connectivity index (χ0v) is 14.0. The number of carbonyl (C=O) groups is 1. The van der Waals surface area contributed by atoms with Crippen molar-refractivity contribution in [3.63, 3.8) is 0 Å². The first-order valence-corrected chi connectivity index (χ1v) is 7.74. The van der Waals surface area contributed by atoms with Crippen molar-refractivity contribution in [1.29, 1.82) is 0 Å². The number of para-hydroxylation sites is 1. The first kappa shape index (κ1) is 16.9. The normalized spacial score (nSPS) is 15.6. The predicted molar refractivity (Wildman–Crippen MR) is 94.9 cm³/mol. The second-order valence-corrected chi connectivity index (χ2v) is 5.49. The minimum atomic E-state index is -0.668. The van der Waals surface area contributed by atoms with Gasteiger partial charge in [-0.05, 0) is 30.4 Å². The fraction of sp³-hybridized carbons (Fsp3) is 0.0526.